The van der Waals surface area contributed by atoms with Crippen LogP contribution in [0, 0.1) is 0 Å². The van der Waals surface area contributed by atoms with Gasteiger partial charge in [0.25, 0.3) is 5.91 Å². The van der Waals surface area contributed by atoms with Crippen LogP contribution in [-0.4, -0.2) is 54.7 Å². The summed E-state index contributed by atoms with van der Waals surface area (Å²) in [5.74, 6) is -1.14. The second kappa shape index (κ2) is 8.23. The summed E-state index contributed by atoms with van der Waals surface area (Å²) in [6.45, 7) is 2.28. The van der Waals surface area contributed by atoms with Gasteiger partial charge in [-0.2, -0.15) is 0 Å². The van der Waals surface area contributed by atoms with Gasteiger partial charge in [0.05, 0.1) is 0 Å². The van der Waals surface area contributed by atoms with Crippen LogP contribution in [0.2, 0.25) is 0 Å². The molecule has 1 N–H and O–H groups in total. The number of piperazine rings is 1. The molecule has 0 atom stereocenters. The molecule has 1 aliphatic heterocycles. The van der Waals surface area contributed by atoms with E-state index < -0.39 is 5.97 Å². The number of phenols is 1. The summed E-state index contributed by atoms with van der Waals surface area (Å²) in [6, 6.07) is 14.5. The van der Waals surface area contributed by atoms with Crippen LogP contribution in [0.3, 0.4) is 0 Å². The van der Waals surface area contributed by atoms with Gasteiger partial charge in [-0.15, -0.1) is 0 Å². The fraction of sp³-hybridized carbons (Fsp3) is 0.263. The lowest BCUT2D eigenvalue weighted by Crippen LogP contribution is -2.49. The first-order valence-electron chi connectivity index (χ1n) is 8.28. The number of benzene rings is 2. The average Bonchev–Trinajstić information content (AvgIpc) is 2.68. The molecule has 0 aliphatic carbocycles. The zero-order valence-electron chi connectivity index (χ0n) is 14.1. The molecular weight excluding hydrogens is 400 g/mol. The fourth-order valence-corrected chi connectivity index (χ4v) is 3.18. The minimum Gasteiger partial charge on any atom is -0.507 e. The summed E-state index contributed by atoms with van der Waals surface area (Å²) in [6.07, 6.45) is 0. The first-order chi connectivity index (χ1) is 12.5. The second-order valence-corrected chi connectivity index (χ2v) is 6.86. The number of nitrogens with zero attached hydrogens (tertiary/aromatic N) is 2. The van der Waals surface area contributed by atoms with Crippen LogP contribution in [-0.2, 0) is 9.53 Å². The third kappa shape index (κ3) is 4.35. The van der Waals surface area contributed by atoms with Crippen LogP contribution in [0.15, 0.2) is 53.0 Å². The lowest BCUT2D eigenvalue weighted by Gasteiger charge is -2.36. The molecule has 0 radical (unpaired) electrons. The molecule has 1 fully saturated rings. The number of halogens is 1. The molecule has 0 aromatic heterocycles. The zero-order chi connectivity index (χ0) is 18.5. The van der Waals surface area contributed by atoms with Gasteiger partial charge in [-0.3, -0.25) is 4.79 Å². The van der Waals surface area contributed by atoms with Crippen LogP contribution in [0.5, 0.6) is 5.75 Å². The molecular formula is C19H19BrN2O4. The van der Waals surface area contributed by atoms with E-state index in [2.05, 4.69) is 20.8 Å². The van der Waals surface area contributed by atoms with E-state index in [1.165, 1.54) is 12.1 Å². The maximum Gasteiger partial charge on any atom is 0.342 e. The van der Waals surface area contributed by atoms with Gasteiger partial charge < -0.3 is 19.6 Å². The molecule has 136 valence electrons. The second-order valence-electron chi connectivity index (χ2n) is 5.94. The molecule has 2 aromatic rings. The smallest absolute Gasteiger partial charge is 0.342 e. The standard InChI is InChI=1S/C19H19BrN2O4/c20-14-6-7-17(23)16(12-14)19(25)26-13-18(24)22-10-8-21(9-11-22)15-4-2-1-3-5-15/h1-7,12,23H,8-11,13H2. The Morgan fingerprint density at radius 2 is 1.73 bits per heavy atom. The fourth-order valence-electron chi connectivity index (χ4n) is 2.82. The first-order valence-corrected chi connectivity index (χ1v) is 9.07. The van der Waals surface area contributed by atoms with Crippen molar-refractivity contribution in [2.45, 2.75) is 0 Å². The Labute approximate surface area is 160 Å². The summed E-state index contributed by atoms with van der Waals surface area (Å²) in [7, 11) is 0. The molecule has 1 heterocycles. The number of phenolic OH excluding ortho intramolecular Hbond substituents is 1. The molecule has 1 aliphatic rings. The Bertz CT molecular complexity index is 789. The molecule has 0 bridgehead atoms. The minimum absolute atomic E-state index is 0.0288. The number of ether oxygens (including phenoxy) is 1. The van der Waals surface area contributed by atoms with Crippen LogP contribution in [0.4, 0.5) is 5.69 Å². The highest BCUT2D eigenvalue weighted by Crippen LogP contribution is 2.22. The van der Waals surface area contributed by atoms with Crippen molar-refractivity contribution < 1.29 is 19.4 Å². The SMILES string of the molecule is O=C(OCC(=O)N1CCN(c2ccccc2)CC1)c1cc(Br)ccc1O. The van der Waals surface area contributed by atoms with Crippen molar-refractivity contribution in [3.63, 3.8) is 0 Å². The number of carbonyl (C=O) groups excluding carboxylic acids is 2. The summed E-state index contributed by atoms with van der Waals surface area (Å²) in [4.78, 5) is 28.3. The van der Waals surface area contributed by atoms with Gasteiger partial charge in [-0.1, -0.05) is 34.1 Å². The highest BCUT2D eigenvalue weighted by atomic mass is 79.9. The molecule has 1 amide bonds. The predicted molar refractivity (Wildman–Crippen MR) is 101 cm³/mol. The number of aromatic hydroxyl groups is 1. The number of hydrogen-bond donors (Lipinski definition) is 1. The van der Waals surface area contributed by atoms with Gasteiger partial charge in [-0.05, 0) is 30.3 Å². The zero-order valence-corrected chi connectivity index (χ0v) is 15.7. The number of rotatable bonds is 4. The normalized spacial score (nSPS) is 14.2. The monoisotopic (exact) mass is 418 g/mol. The van der Waals surface area contributed by atoms with E-state index >= 15 is 0 Å². The van der Waals surface area contributed by atoms with Gasteiger partial charge >= 0.3 is 5.97 Å². The van der Waals surface area contributed by atoms with Crippen LogP contribution in [0.25, 0.3) is 0 Å². The minimum atomic E-state index is -0.722. The molecule has 26 heavy (non-hydrogen) atoms. The lowest BCUT2D eigenvalue weighted by molar-refractivity contribution is -0.134. The maximum absolute atomic E-state index is 12.3. The third-order valence-corrected chi connectivity index (χ3v) is 4.75. The van der Waals surface area contributed by atoms with Gasteiger partial charge in [0.1, 0.15) is 11.3 Å². The Morgan fingerprint density at radius 3 is 2.42 bits per heavy atom. The lowest BCUT2D eigenvalue weighted by atomic mass is 10.2. The summed E-state index contributed by atoms with van der Waals surface area (Å²) in [5, 5.41) is 9.73. The van der Waals surface area contributed by atoms with E-state index in [1.807, 2.05) is 30.3 Å². The Morgan fingerprint density at radius 1 is 1.04 bits per heavy atom. The molecule has 7 heteroatoms. The Kier molecular flexibility index (Phi) is 5.78. The van der Waals surface area contributed by atoms with Crippen molar-refractivity contribution in [3.8, 4) is 5.75 Å². The molecule has 0 unspecified atom stereocenters. The molecule has 1 saturated heterocycles. The maximum atomic E-state index is 12.3. The first kappa shape index (κ1) is 18.3. The quantitative estimate of drug-likeness (QED) is 0.772. The summed E-state index contributed by atoms with van der Waals surface area (Å²) in [5.41, 5.74) is 1.16. The van der Waals surface area contributed by atoms with Crippen molar-refractivity contribution >= 4 is 33.5 Å². The van der Waals surface area contributed by atoms with Crippen LogP contribution < -0.4 is 4.90 Å². The van der Waals surface area contributed by atoms with E-state index in [4.69, 9.17) is 4.74 Å². The van der Waals surface area contributed by atoms with Gasteiger partial charge in [-0.25, -0.2) is 4.79 Å². The van der Waals surface area contributed by atoms with E-state index in [1.54, 1.807) is 11.0 Å². The highest BCUT2D eigenvalue weighted by Gasteiger charge is 2.23. The number of esters is 1. The summed E-state index contributed by atoms with van der Waals surface area (Å²) < 4.78 is 5.71. The Hall–Kier alpha value is -2.54. The molecule has 2 aromatic carbocycles. The molecule has 0 saturated carbocycles. The van der Waals surface area contributed by atoms with E-state index in [-0.39, 0.29) is 23.8 Å². The van der Waals surface area contributed by atoms with E-state index in [9.17, 15) is 14.7 Å². The number of carbonyl (C=O) groups is 2. The summed E-state index contributed by atoms with van der Waals surface area (Å²) >= 11 is 3.23. The van der Waals surface area contributed by atoms with Crippen molar-refractivity contribution in [1.82, 2.24) is 4.90 Å². The molecule has 0 spiro atoms. The van der Waals surface area contributed by atoms with Crippen LogP contribution in [0.1, 0.15) is 10.4 Å². The average molecular weight is 419 g/mol. The van der Waals surface area contributed by atoms with Gasteiger partial charge in [0.2, 0.25) is 0 Å². The Balaban J connectivity index is 1.50. The number of amides is 1. The van der Waals surface area contributed by atoms with Gasteiger partial charge in [0, 0.05) is 36.3 Å². The number of hydrogen-bond acceptors (Lipinski definition) is 5. The highest BCUT2D eigenvalue weighted by molar-refractivity contribution is 9.10. The van der Waals surface area contributed by atoms with E-state index in [0.717, 1.165) is 18.8 Å². The van der Waals surface area contributed by atoms with Crippen molar-refractivity contribution in [2.24, 2.45) is 0 Å². The van der Waals surface area contributed by atoms with Gasteiger partial charge in [0.15, 0.2) is 6.61 Å². The third-order valence-electron chi connectivity index (χ3n) is 4.26. The number of para-hydroxylation sites is 1. The van der Waals surface area contributed by atoms with Crippen molar-refractivity contribution in [2.75, 3.05) is 37.7 Å². The van der Waals surface area contributed by atoms with E-state index in [0.29, 0.717) is 17.6 Å². The number of anilines is 1. The molecule has 3 rings (SSSR count). The van der Waals surface area contributed by atoms with Crippen molar-refractivity contribution in [1.29, 1.82) is 0 Å². The van der Waals surface area contributed by atoms with Crippen LogP contribution >= 0.6 is 15.9 Å². The molecule has 6 nitrogen and oxygen atoms in total. The predicted octanol–water partition coefficient (Wildman–Crippen LogP) is 2.66. The largest absolute Gasteiger partial charge is 0.507 e. The topological polar surface area (TPSA) is 70.1 Å². The van der Waals surface area contributed by atoms with Crippen molar-refractivity contribution in [3.05, 3.63) is 58.6 Å².